The molecule has 122 valence electrons. The lowest BCUT2D eigenvalue weighted by Crippen LogP contribution is -2.14. The fourth-order valence-corrected chi connectivity index (χ4v) is 1.65. The number of carbonyl (C=O) groups is 2. The van der Waals surface area contributed by atoms with E-state index in [0.717, 1.165) is 12.5 Å². The Morgan fingerprint density at radius 3 is 2.59 bits per heavy atom. The average Bonchev–Trinajstić information content (AvgIpc) is 2.43. The summed E-state index contributed by atoms with van der Waals surface area (Å²) in [5.74, 6) is -1.23. The van der Waals surface area contributed by atoms with Crippen LogP contribution in [0.3, 0.4) is 0 Å². The Labute approximate surface area is 129 Å². The minimum atomic E-state index is -0.780. The number of benzene rings is 1. The first kappa shape index (κ1) is 18.1. The van der Waals surface area contributed by atoms with Crippen LogP contribution >= 0.6 is 0 Å². The van der Waals surface area contributed by atoms with Crippen molar-refractivity contribution in [2.45, 2.75) is 27.2 Å². The summed E-state index contributed by atoms with van der Waals surface area (Å²) < 4.78 is 23.9. The van der Waals surface area contributed by atoms with Crippen molar-refractivity contribution in [3.63, 3.8) is 0 Å². The van der Waals surface area contributed by atoms with Crippen molar-refractivity contribution >= 4 is 17.6 Å². The molecular formula is C16H22FNO4. The Morgan fingerprint density at radius 2 is 1.95 bits per heavy atom. The predicted octanol–water partition coefficient (Wildman–Crippen LogP) is 3.00. The van der Waals surface area contributed by atoms with Crippen LogP contribution in [0.5, 0.6) is 0 Å². The molecule has 0 spiro atoms. The van der Waals surface area contributed by atoms with Gasteiger partial charge in [-0.15, -0.1) is 0 Å². The highest BCUT2D eigenvalue weighted by atomic mass is 19.1. The van der Waals surface area contributed by atoms with Crippen molar-refractivity contribution in [1.29, 1.82) is 0 Å². The molecule has 0 radical (unpaired) electrons. The van der Waals surface area contributed by atoms with E-state index in [1.807, 2.05) is 0 Å². The van der Waals surface area contributed by atoms with Gasteiger partial charge >= 0.3 is 5.97 Å². The molecule has 0 fully saturated rings. The molecule has 1 amide bonds. The first-order valence-electron chi connectivity index (χ1n) is 7.22. The fourth-order valence-electron chi connectivity index (χ4n) is 1.65. The molecule has 1 aromatic carbocycles. The average molecular weight is 311 g/mol. The lowest BCUT2D eigenvalue weighted by molar-refractivity contribution is -0.114. The normalized spacial score (nSPS) is 10.6. The first-order chi connectivity index (χ1) is 10.4. The van der Waals surface area contributed by atoms with Gasteiger partial charge in [-0.2, -0.15) is 0 Å². The topological polar surface area (TPSA) is 64.6 Å². The Balaban J connectivity index is 2.46. The molecule has 0 unspecified atom stereocenters. The largest absolute Gasteiger partial charge is 0.460 e. The van der Waals surface area contributed by atoms with Crippen molar-refractivity contribution in [2.75, 3.05) is 25.1 Å². The van der Waals surface area contributed by atoms with E-state index in [-0.39, 0.29) is 24.7 Å². The Kier molecular flexibility index (Phi) is 7.52. The number of halogens is 1. The third kappa shape index (κ3) is 6.67. The van der Waals surface area contributed by atoms with E-state index in [2.05, 4.69) is 19.2 Å². The summed E-state index contributed by atoms with van der Waals surface area (Å²) in [6.45, 7) is 6.44. The SMILES string of the molecule is CC(=O)Nc1ccc(F)c(C(=O)OCCOCCC(C)C)c1. The van der Waals surface area contributed by atoms with Crippen molar-refractivity contribution < 1.29 is 23.5 Å². The van der Waals surface area contributed by atoms with E-state index in [9.17, 15) is 14.0 Å². The molecule has 1 rings (SSSR count). The summed E-state index contributed by atoms with van der Waals surface area (Å²) >= 11 is 0. The Bertz CT molecular complexity index is 517. The van der Waals surface area contributed by atoms with E-state index in [0.29, 0.717) is 18.2 Å². The summed E-state index contributed by atoms with van der Waals surface area (Å²) in [4.78, 5) is 22.8. The monoisotopic (exact) mass is 311 g/mol. The number of hydrogen-bond acceptors (Lipinski definition) is 4. The smallest absolute Gasteiger partial charge is 0.341 e. The maximum absolute atomic E-state index is 13.6. The zero-order chi connectivity index (χ0) is 16.5. The van der Waals surface area contributed by atoms with Gasteiger partial charge < -0.3 is 14.8 Å². The summed E-state index contributed by atoms with van der Waals surface area (Å²) in [6, 6.07) is 3.74. The fraction of sp³-hybridized carbons (Fsp3) is 0.500. The second-order valence-electron chi connectivity index (χ2n) is 5.31. The van der Waals surface area contributed by atoms with Gasteiger partial charge in [-0.25, -0.2) is 9.18 Å². The molecule has 0 aliphatic rings. The highest BCUT2D eigenvalue weighted by Crippen LogP contribution is 2.16. The van der Waals surface area contributed by atoms with Gasteiger partial charge in [0.25, 0.3) is 0 Å². The predicted molar refractivity (Wildman–Crippen MR) is 81.3 cm³/mol. The Hall–Kier alpha value is -1.95. The van der Waals surface area contributed by atoms with E-state index >= 15 is 0 Å². The molecule has 22 heavy (non-hydrogen) atoms. The lowest BCUT2D eigenvalue weighted by Gasteiger charge is -2.09. The van der Waals surface area contributed by atoms with Gasteiger partial charge in [-0.05, 0) is 30.5 Å². The molecular weight excluding hydrogens is 289 g/mol. The number of amides is 1. The number of ether oxygens (including phenoxy) is 2. The van der Waals surface area contributed by atoms with Crippen molar-refractivity contribution in [2.24, 2.45) is 5.92 Å². The van der Waals surface area contributed by atoms with Gasteiger partial charge in [0.1, 0.15) is 12.4 Å². The molecule has 0 aromatic heterocycles. The van der Waals surface area contributed by atoms with Crippen LogP contribution in [-0.2, 0) is 14.3 Å². The van der Waals surface area contributed by atoms with Crippen LogP contribution in [0.4, 0.5) is 10.1 Å². The van der Waals surface area contributed by atoms with Gasteiger partial charge in [0.2, 0.25) is 5.91 Å². The summed E-state index contributed by atoms with van der Waals surface area (Å²) in [5.41, 5.74) is 0.127. The molecule has 0 saturated carbocycles. The summed E-state index contributed by atoms with van der Waals surface area (Å²) in [7, 11) is 0. The quantitative estimate of drug-likeness (QED) is 0.592. The number of carbonyl (C=O) groups excluding carboxylic acids is 2. The molecule has 0 heterocycles. The van der Waals surface area contributed by atoms with Crippen molar-refractivity contribution in [3.8, 4) is 0 Å². The molecule has 5 nitrogen and oxygen atoms in total. The number of nitrogens with one attached hydrogen (secondary N) is 1. The molecule has 0 saturated heterocycles. The van der Waals surface area contributed by atoms with Crippen LogP contribution in [0.15, 0.2) is 18.2 Å². The minimum absolute atomic E-state index is 0.0563. The van der Waals surface area contributed by atoms with Crippen LogP contribution in [0, 0.1) is 11.7 Å². The second-order valence-corrected chi connectivity index (χ2v) is 5.31. The van der Waals surface area contributed by atoms with Crippen LogP contribution in [0.2, 0.25) is 0 Å². The number of rotatable bonds is 8. The molecule has 1 aromatic rings. The highest BCUT2D eigenvalue weighted by molar-refractivity contribution is 5.93. The van der Waals surface area contributed by atoms with Crippen LogP contribution in [0.1, 0.15) is 37.6 Å². The Morgan fingerprint density at radius 1 is 1.23 bits per heavy atom. The molecule has 0 atom stereocenters. The van der Waals surface area contributed by atoms with Gasteiger partial charge in [0.05, 0.1) is 12.2 Å². The van der Waals surface area contributed by atoms with Crippen LogP contribution in [0.25, 0.3) is 0 Å². The third-order valence-electron chi connectivity index (χ3n) is 2.81. The second kappa shape index (κ2) is 9.15. The molecule has 0 bridgehead atoms. The van der Waals surface area contributed by atoms with Crippen LogP contribution in [-0.4, -0.2) is 31.7 Å². The van der Waals surface area contributed by atoms with E-state index in [4.69, 9.17) is 9.47 Å². The molecule has 0 aliphatic heterocycles. The van der Waals surface area contributed by atoms with Gasteiger partial charge in [-0.3, -0.25) is 4.79 Å². The molecule has 1 N–H and O–H groups in total. The zero-order valence-electron chi connectivity index (χ0n) is 13.1. The maximum atomic E-state index is 13.6. The van der Waals surface area contributed by atoms with Crippen molar-refractivity contribution in [3.05, 3.63) is 29.6 Å². The van der Waals surface area contributed by atoms with Crippen molar-refractivity contribution in [1.82, 2.24) is 0 Å². The maximum Gasteiger partial charge on any atom is 0.341 e. The third-order valence-corrected chi connectivity index (χ3v) is 2.81. The van der Waals surface area contributed by atoms with Gasteiger partial charge in [0, 0.05) is 19.2 Å². The van der Waals surface area contributed by atoms with E-state index in [1.165, 1.54) is 19.1 Å². The number of anilines is 1. The highest BCUT2D eigenvalue weighted by Gasteiger charge is 2.14. The standard InChI is InChI=1S/C16H22FNO4/c1-11(2)6-7-21-8-9-22-16(20)14-10-13(18-12(3)19)4-5-15(14)17/h4-5,10-11H,6-9H2,1-3H3,(H,18,19). The van der Waals surface area contributed by atoms with Gasteiger partial charge in [-0.1, -0.05) is 13.8 Å². The first-order valence-corrected chi connectivity index (χ1v) is 7.22. The number of hydrogen-bond donors (Lipinski definition) is 1. The van der Waals surface area contributed by atoms with Gasteiger partial charge in [0.15, 0.2) is 0 Å². The summed E-state index contributed by atoms with van der Waals surface area (Å²) in [6.07, 6.45) is 0.932. The summed E-state index contributed by atoms with van der Waals surface area (Å²) in [5, 5.41) is 2.48. The zero-order valence-corrected chi connectivity index (χ0v) is 13.1. The molecule has 0 aliphatic carbocycles. The lowest BCUT2D eigenvalue weighted by atomic mass is 10.1. The minimum Gasteiger partial charge on any atom is -0.460 e. The van der Waals surface area contributed by atoms with Crippen LogP contribution < -0.4 is 5.32 Å². The van der Waals surface area contributed by atoms with E-state index < -0.39 is 11.8 Å². The van der Waals surface area contributed by atoms with E-state index in [1.54, 1.807) is 0 Å². The number of esters is 1. The molecule has 6 heteroatoms.